The molecule has 1 aliphatic heterocycles. The van der Waals surface area contributed by atoms with E-state index < -0.39 is 11.7 Å². The first-order valence-electron chi connectivity index (χ1n) is 12.3. The van der Waals surface area contributed by atoms with Crippen molar-refractivity contribution in [3.8, 4) is 0 Å². The number of unbranched alkanes of at least 4 members (excludes halogenated alkanes) is 7. The van der Waals surface area contributed by atoms with Crippen LogP contribution in [0, 0.1) is 0 Å². The topological polar surface area (TPSA) is 67.9 Å². The van der Waals surface area contributed by atoms with Crippen molar-refractivity contribution in [1.29, 1.82) is 0 Å². The van der Waals surface area contributed by atoms with Crippen molar-refractivity contribution in [1.82, 2.24) is 4.90 Å². The molecule has 1 saturated heterocycles. The van der Waals surface area contributed by atoms with Crippen LogP contribution in [0.15, 0.2) is 24.3 Å². The zero-order chi connectivity index (χ0) is 23.4. The quantitative estimate of drug-likeness (QED) is 0.374. The number of carbonyl (C=O) groups excluding carboxylic acids is 2. The SMILES string of the molecule is CCCCCCCCCCc1ccc(NC(=O)O[C@@H]2CCN(C(=O)OC(C)(C)C)C2)cc1. The molecular weight excluding hydrogens is 404 g/mol. The van der Waals surface area contributed by atoms with Crippen molar-refractivity contribution in [2.45, 2.75) is 104 Å². The summed E-state index contributed by atoms with van der Waals surface area (Å²) in [4.78, 5) is 25.9. The fourth-order valence-corrected chi connectivity index (χ4v) is 3.83. The fraction of sp³-hybridized carbons (Fsp3) is 0.692. The molecule has 2 rings (SSSR count). The molecule has 0 unspecified atom stereocenters. The van der Waals surface area contributed by atoms with E-state index in [2.05, 4.69) is 24.4 Å². The average molecular weight is 447 g/mol. The highest BCUT2D eigenvalue weighted by molar-refractivity contribution is 5.84. The van der Waals surface area contributed by atoms with Crippen LogP contribution >= 0.6 is 0 Å². The molecule has 0 aliphatic carbocycles. The van der Waals surface area contributed by atoms with Gasteiger partial charge in [-0.05, 0) is 51.3 Å². The highest BCUT2D eigenvalue weighted by Gasteiger charge is 2.31. The Morgan fingerprint density at radius 3 is 2.25 bits per heavy atom. The number of nitrogens with one attached hydrogen (secondary N) is 1. The van der Waals surface area contributed by atoms with Crippen LogP contribution < -0.4 is 5.32 Å². The Bertz CT molecular complexity index is 697. The Labute approximate surface area is 194 Å². The normalized spacial score (nSPS) is 16.1. The number of hydrogen-bond donors (Lipinski definition) is 1. The maximum absolute atomic E-state index is 12.2. The lowest BCUT2D eigenvalue weighted by Gasteiger charge is -2.24. The second-order valence-electron chi connectivity index (χ2n) is 9.79. The molecule has 0 aromatic heterocycles. The maximum atomic E-state index is 12.2. The minimum absolute atomic E-state index is 0.316. The summed E-state index contributed by atoms with van der Waals surface area (Å²) in [5.41, 5.74) is 1.48. The Balaban J connectivity index is 1.63. The Morgan fingerprint density at radius 2 is 1.62 bits per heavy atom. The lowest BCUT2D eigenvalue weighted by Crippen LogP contribution is -2.36. The van der Waals surface area contributed by atoms with E-state index in [0.29, 0.717) is 19.5 Å². The van der Waals surface area contributed by atoms with E-state index in [0.717, 1.165) is 12.1 Å². The third-order valence-corrected chi connectivity index (χ3v) is 5.59. The smallest absolute Gasteiger partial charge is 0.411 e. The van der Waals surface area contributed by atoms with Gasteiger partial charge in [-0.25, -0.2) is 9.59 Å². The van der Waals surface area contributed by atoms with Gasteiger partial charge in [0.1, 0.15) is 11.7 Å². The fourth-order valence-electron chi connectivity index (χ4n) is 3.83. The van der Waals surface area contributed by atoms with Crippen molar-refractivity contribution < 1.29 is 19.1 Å². The Kier molecular flexibility index (Phi) is 10.8. The van der Waals surface area contributed by atoms with E-state index in [9.17, 15) is 9.59 Å². The van der Waals surface area contributed by atoms with Gasteiger partial charge in [0, 0.05) is 18.7 Å². The van der Waals surface area contributed by atoms with Crippen LogP contribution in [0.5, 0.6) is 0 Å². The predicted octanol–water partition coefficient (Wildman–Crippen LogP) is 6.93. The lowest BCUT2D eigenvalue weighted by atomic mass is 10.0. The molecule has 1 heterocycles. The number of nitrogens with zero attached hydrogens (tertiary/aromatic N) is 1. The second kappa shape index (κ2) is 13.3. The van der Waals surface area contributed by atoms with E-state index in [1.54, 1.807) is 4.90 Å². The molecule has 1 fully saturated rings. The van der Waals surface area contributed by atoms with Crippen LogP contribution in [0.4, 0.5) is 15.3 Å². The minimum Gasteiger partial charge on any atom is -0.444 e. The molecule has 1 N–H and O–H groups in total. The van der Waals surface area contributed by atoms with E-state index in [1.807, 2.05) is 32.9 Å². The van der Waals surface area contributed by atoms with Gasteiger partial charge in [0.2, 0.25) is 0 Å². The summed E-state index contributed by atoms with van der Waals surface area (Å²) in [6, 6.07) is 7.97. The minimum atomic E-state index is -0.534. The van der Waals surface area contributed by atoms with Crippen LogP contribution in [0.25, 0.3) is 0 Å². The van der Waals surface area contributed by atoms with E-state index in [-0.39, 0.29) is 12.2 Å². The first kappa shape index (κ1) is 26.0. The summed E-state index contributed by atoms with van der Waals surface area (Å²) in [6.07, 6.45) is 11.1. The summed E-state index contributed by atoms with van der Waals surface area (Å²) in [7, 11) is 0. The molecule has 0 spiro atoms. The monoisotopic (exact) mass is 446 g/mol. The van der Waals surface area contributed by atoms with E-state index in [4.69, 9.17) is 9.47 Å². The third kappa shape index (κ3) is 10.4. The molecule has 1 atom stereocenters. The van der Waals surface area contributed by atoms with Crippen molar-refractivity contribution in [3.63, 3.8) is 0 Å². The second-order valence-corrected chi connectivity index (χ2v) is 9.79. The number of hydrogen-bond acceptors (Lipinski definition) is 4. The molecule has 2 amide bonds. The van der Waals surface area contributed by atoms with Crippen LogP contribution in [0.1, 0.15) is 91.0 Å². The van der Waals surface area contributed by atoms with Crippen molar-refractivity contribution >= 4 is 17.9 Å². The maximum Gasteiger partial charge on any atom is 0.411 e. The van der Waals surface area contributed by atoms with E-state index >= 15 is 0 Å². The molecule has 32 heavy (non-hydrogen) atoms. The van der Waals surface area contributed by atoms with Crippen LogP contribution in [0.3, 0.4) is 0 Å². The summed E-state index contributed by atoms with van der Waals surface area (Å²) in [5, 5.41) is 2.78. The Hall–Kier alpha value is -2.24. The number of amides is 2. The number of carbonyl (C=O) groups is 2. The molecule has 1 aromatic carbocycles. The number of rotatable bonds is 11. The summed E-state index contributed by atoms with van der Waals surface area (Å²) < 4.78 is 10.9. The highest BCUT2D eigenvalue weighted by atomic mass is 16.6. The number of anilines is 1. The zero-order valence-corrected chi connectivity index (χ0v) is 20.5. The van der Waals surface area contributed by atoms with Gasteiger partial charge in [-0.1, -0.05) is 64.0 Å². The summed E-state index contributed by atoms with van der Waals surface area (Å²) >= 11 is 0. The average Bonchev–Trinajstić information content (AvgIpc) is 3.18. The third-order valence-electron chi connectivity index (χ3n) is 5.59. The van der Waals surface area contributed by atoms with E-state index in [1.165, 1.54) is 56.9 Å². The van der Waals surface area contributed by atoms with Crippen LogP contribution in [-0.4, -0.2) is 41.9 Å². The molecule has 180 valence electrons. The van der Waals surface area contributed by atoms with Crippen molar-refractivity contribution in [3.05, 3.63) is 29.8 Å². The molecule has 1 aromatic rings. The molecule has 6 nitrogen and oxygen atoms in total. The van der Waals surface area contributed by atoms with Crippen LogP contribution in [-0.2, 0) is 15.9 Å². The van der Waals surface area contributed by atoms with Gasteiger partial charge in [-0.2, -0.15) is 0 Å². The number of benzene rings is 1. The van der Waals surface area contributed by atoms with Gasteiger partial charge < -0.3 is 14.4 Å². The van der Waals surface area contributed by atoms with Gasteiger partial charge in [-0.3, -0.25) is 5.32 Å². The number of likely N-dealkylation sites (tertiary alicyclic amines) is 1. The first-order chi connectivity index (χ1) is 15.3. The Morgan fingerprint density at radius 1 is 1.00 bits per heavy atom. The molecule has 6 heteroatoms. The lowest BCUT2D eigenvalue weighted by molar-refractivity contribution is 0.0263. The first-order valence-corrected chi connectivity index (χ1v) is 12.3. The van der Waals surface area contributed by atoms with Gasteiger partial charge in [-0.15, -0.1) is 0 Å². The largest absolute Gasteiger partial charge is 0.444 e. The van der Waals surface area contributed by atoms with Gasteiger partial charge >= 0.3 is 12.2 Å². The zero-order valence-electron chi connectivity index (χ0n) is 20.5. The highest BCUT2D eigenvalue weighted by Crippen LogP contribution is 2.19. The molecular formula is C26H42N2O4. The number of aryl methyl sites for hydroxylation is 1. The van der Waals surface area contributed by atoms with Gasteiger partial charge in [0.15, 0.2) is 0 Å². The van der Waals surface area contributed by atoms with Crippen LogP contribution in [0.2, 0.25) is 0 Å². The molecule has 0 radical (unpaired) electrons. The standard InChI is InChI=1S/C26H42N2O4/c1-5-6-7-8-9-10-11-12-13-21-14-16-22(17-15-21)27-24(29)31-23-18-19-28(20-23)25(30)32-26(2,3)4/h14-17,23H,5-13,18-20H2,1-4H3,(H,27,29)/t23-/m1/s1. The predicted molar refractivity (Wildman–Crippen MR) is 129 cm³/mol. The molecule has 1 aliphatic rings. The summed E-state index contributed by atoms with van der Waals surface area (Å²) in [5.74, 6) is 0. The van der Waals surface area contributed by atoms with Gasteiger partial charge in [0.05, 0.1) is 6.54 Å². The molecule has 0 bridgehead atoms. The van der Waals surface area contributed by atoms with Crippen molar-refractivity contribution in [2.24, 2.45) is 0 Å². The number of ether oxygens (including phenoxy) is 2. The molecule has 0 saturated carbocycles. The summed E-state index contributed by atoms with van der Waals surface area (Å²) in [6.45, 7) is 8.65. The van der Waals surface area contributed by atoms with Crippen molar-refractivity contribution in [2.75, 3.05) is 18.4 Å². The van der Waals surface area contributed by atoms with Gasteiger partial charge in [0.25, 0.3) is 0 Å².